The lowest BCUT2D eigenvalue weighted by Gasteiger charge is -2.00. The van der Waals surface area contributed by atoms with Gasteiger partial charge >= 0.3 is 6.01 Å². The Morgan fingerprint density at radius 2 is 2.43 bits per heavy atom. The summed E-state index contributed by atoms with van der Waals surface area (Å²) in [6.07, 6.45) is 2.32. The lowest BCUT2D eigenvalue weighted by molar-refractivity contribution is -0.109. The average molecular weight is 212 g/mol. The lowest BCUT2D eigenvalue weighted by atomic mass is 10.4. The van der Waals surface area contributed by atoms with E-state index in [4.69, 9.17) is 16.3 Å². The first-order chi connectivity index (χ1) is 6.81. The lowest BCUT2D eigenvalue weighted by Crippen LogP contribution is -2.02. The maximum absolute atomic E-state index is 10.1. The second-order valence-corrected chi connectivity index (χ2v) is 2.87. The molecule has 0 aliphatic heterocycles. The number of nitrogens with zero attached hydrogens (tertiary/aromatic N) is 2. The summed E-state index contributed by atoms with van der Waals surface area (Å²) in [7, 11) is 0. The predicted octanol–water partition coefficient (Wildman–Crippen LogP) is 1.19. The summed E-state index contributed by atoms with van der Waals surface area (Å²) in [6, 6.07) is 1.86. The molecule has 0 spiro atoms. The van der Waals surface area contributed by atoms with Crippen LogP contribution in [0, 0.1) is 0 Å². The van der Waals surface area contributed by atoms with Gasteiger partial charge in [0, 0.05) is 6.20 Å². The minimum atomic E-state index is -0.0808. The van der Waals surface area contributed by atoms with E-state index in [1.165, 1.54) is 0 Å². The monoisotopic (exact) mass is 211 g/mol. The maximum atomic E-state index is 10.1. The topological polar surface area (TPSA) is 67.9 Å². The van der Waals surface area contributed by atoms with E-state index >= 15 is 0 Å². The fraction of sp³-hybridized carbons (Fsp3) is 0.125. The van der Waals surface area contributed by atoms with E-state index in [2.05, 4.69) is 15.0 Å². The van der Waals surface area contributed by atoms with Crippen LogP contribution in [0.15, 0.2) is 12.3 Å². The number of ether oxygens (including phenoxy) is 1. The van der Waals surface area contributed by atoms with Gasteiger partial charge < -0.3 is 9.72 Å². The van der Waals surface area contributed by atoms with E-state index < -0.39 is 0 Å². The molecule has 0 bridgehead atoms. The van der Waals surface area contributed by atoms with Crippen molar-refractivity contribution in [1.82, 2.24) is 15.0 Å². The van der Waals surface area contributed by atoms with Crippen LogP contribution in [0.1, 0.15) is 0 Å². The number of halogens is 1. The van der Waals surface area contributed by atoms with Crippen molar-refractivity contribution in [2.75, 3.05) is 6.61 Å². The summed E-state index contributed by atoms with van der Waals surface area (Å²) in [6.45, 7) is -0.0808. The molecule has 0 atom stereocenters. The second-order valence-electron chi connectivity index (χ2n) is 2.51. The molecule has 0 amide bonds. The van der Waals surface area contributed by atoms with Crippen LogP contribution in [-0.2, 0) is 4.79 Å². The summed E-state index contributed by atoms with van der Waals surface area (Å²) in [4.78, 5) is 20.8. The Hall–Kier alpha value is -1.62. The fourth-order valence-corrected chi connectivity index (χ4v) is 1.28. The number of aldehydes is 1. The fourth-order valence-electron chi connectivity index (χ4n) is 1.06. The standard InChI is InChI=1S/C8H6ClN3O2/c9-6-5-1-2-10-7(5)12-8(11-6)14-4-3-13/h1-3H,4H2,(H,10,11,12). The van der Waals surface area contributed by atoms with E-state index in [0.717, 1.165) is 5.39 Å². The van der Waals surface area contributed by atoms with Gasteiger partial charge in [0.05, 0.1) is 5.39 Å². The van der Waals surface area contributed by atoms with Crippen LogP contribution in [0.4, 0.5) is 0 Å². The number of carbonyl (C=O) groups is 1. The molecule has 0 fully saturated rings. The molecular weight excluding hydrogens is 206 g/mol. The highest BCUT2D eigenvalue weighted by Gasteiger charge is 2.06. The Labute approximate surface area is 84.1 Å². The summed E-state index contributed by atoms with van der Waals surface area (Å²) >= 11 is 5.84. The third-order valence-electron chi connectivity index (χ3n) is 1.63. The average Bonchev–Trinajstić information content (AvgIpc) is 2.63. The van der Waals surface area contributed by atoms with Crippen LogP contribution in [0.3, 0.4) is 0 Å². The molecule has 0 aromatic carbocycles. The summed E-state index contributed by atoms with van der Waals surface area (Å²) < 4.78 is 4.92. The number of carbonyl (C=O) groups excluding carboxylic acids is 1. The number of H-pyrrole nitrogens is 1. The molecule has 0 unspecified atom stereocenters. The number of hydrogen-bond acceptors (Lipinski definition) is 4. The Bertz CT molecular complexity index is 469. The van der Waals surface area contributed by atoms with Gasteiger partial charge in [0.1, 0.15) is 17.4 Å². The van der Waals surface area contributed by atoms with Crippen molar-refractivity contribution in [2.24, 2.45) is 0 Å². The van der Waals surface area contributed by atoms with Crippen LogP contribution in [-0.4, -0.2) is 27.8 Å². The van der Waals surface area contributed by atoms with Crippen molar-refractivity contribution in [3.63, 3.8) is 0 Å². The summed E-state index contributed by atoms with van der Waals surface area (Å²) in [5.41, 5.74) is 0.589. The van der Waals surface area contributed by atoms with Crippen molar-refractivity contribution in [3.8, 4) is 6.01 Å². The third-order valence-corrected chi connectivity index (χ3v) is 1.92. The molecule has 14 heavy (non-hydrogen) atoms. The molecule has 72 valence electrons. The van der Waals surface area contributed by atoms with Gasteiger partial charge in [-0.3, -0.25) is 4.79 Å². The molecule has 2 aromatic rings. The first kappa shape index (κ1) is 8.96. The Kier molecular flexibility index (Phi) is 2.32. The molecular formula is C8H6ClN3O2. The van der Waals surface area contributed by atoms with Gasteiger partial charge in [-0.15, -0.1) is 0 Å². The van der Waals surface area contributed by atoms with Gasteiger partial charge in [0.25, 0.3) is 0 Å². The highest BCUT2D eigenvalue weighted by Crippen LogP contribution is 2.21. The Morgan fingerprint density at radius 1 is 1.57 bits per heavy atom. The van der Waals surface area contributed by atoms with Gasteiger partial charge in [-0.25, -0.2) is 0 Å². The van der Waals surface area contributed by atoms with Crippen molar-refractivity contribution >= 4 is 28.9 Å². The first-order valence-corrected chi connectivity index (χ1v) is 4.26. The van der Waals surface area contributed by atoms with Crippen LogP contribution >= 0.6 is 11.6 Å². The van der Waals surface area contributed by atoms with Crippen molar-refractivity contribution < 1.29 is 9.53 Å². The molecule has 2 aromatic heterocycles. The van der Waals surface area contributed by atoms with E-state index in [0.29, 0.717) is 17.1 Å². The van der Waals surface area contributed by atoms with Gasteiger partial charge in [0.15, 0.2) is 6.29 Å². The normalized spacial score (nSPS) is 10.4. The number of hydrogen-bond donors (Lipinski definition) is 1. The summed E-state index contributed by atoms with van der Waals surface area (Å²) in [5.74, 6) is 0. The van der Waals surface area contributed by atoms with E-state index in [-0.39, 0.29) is 12.6 Å². The third kappa shape index (κ3) is 1.54. The van der Waals surface area contributed by atoms with E-state index in [1.54, 1.807) is 12.3 Å². The molecule has 0 radical (unpaired) electrons. The van der Waals surface area contributed by atoms with Crippen molar-refractivity contribution in [2.45, 2.75) is 0 Å². The first-order valence-electron chi connectivity index (χ1n) is 3.88. The number of fused-ring (bicyclic) bond motifs is 1. The molecule has 0 saturated carbocycles. The Morgan fingerprint density at radius 3 is 3.21 bits per heavy atom. The number of aromatic amines is 1. The zero-order valence-corrected chi connectivity index (χ0v) is 7.78. The molecule has 0 aliphatic rings. The Balaban J connectivity index is 2.42. The zero-order valence-electron chi connectivity index (χ0n) is 7.03. The highest BCUT2D eigenvalue weighted by molar-refractivity contribution is 6.33. The minimum Gasteiger partial charge on any atom is -0.456 e. The molecule has 0 aliphatic carbocycles. The van der Waals surface area contributed by atoms with Crippen LogP contribution in [0.25, 0.3) is 11.0 Å². The minimum absolute atomic E-state index is 0.0808. The largest absolute Gasteiger partial charge is 0.456 e. The van der Waals surface area contributed by atoms with Crippen molar-refractivity contribution in [1.29, 1.82) is 0 Å². The second kappa shape index (κ2) is 3.63. The van der Waals surface area contributed by atoms with Gasteiger partial charge in [-0.2, -0.15) is 9.97 Å². The molecule has 1 N–H and O–H groups in total. The number of nitrogens with one attached hydrogen (secondary N) is 1. The van der Waals surface area contributed by atoms with Crippen LogP contribution in [0.5, 0.6) is 6.01 Å². The molecule has 0 saturated heterocycles. The van der Waals surface area contributed by atoms with E-state index in [1.807, 2.05) is 0 Å². The van der Waals surface area contributed by atoms with Crippen molar-refractivity contribution in [3.05, 3.63) is 17.4 Å². The number of aromatic nitrogens is 3. The SMILES string of the molecule is O=CCOc1nc(Cl)c2cc[nH]c2n1. The number of rotatable bonds is 3. The highest BCUT2D eigenvalue weighted by atomic mass is 35.5. The van der Waals surface area contributed by atoms with Crippen LogP contribution in [0.2, 0.25) is 5.15 Å². The molecule has 2 rings (SSSR count). The quantitative estimate of drug-likeness (QED) is 0.612. The summed E-state index contributed by atoms with van der Waals surface area (Å²) in [5, 5.41) is 1.03. The van der Waals surface area contributed by atoms with Gasteiger partial charge in [0.2, 0.25) is 0 Å². The smallest absolute Gasteiger partial charge is 0.320 e. The van der Waals surface area contributed by atoms with E-state index in [9.17, 15) is 4.79 Å². The zero-order chi connectivity index (χ0) is 9.97. The van der Waals surface area contributed by atoms with Crippen LogP contribution < -0.4 is 4.74 Å². The molecule has 2 heterocycles. The maximum Gasteiger partial charge on any atom is 0.320 e. The predicted molar refractivity (Wildman–Crippen MR) is 50.5 cm³/mol. The van der Waals surface area contributed by atoms with Gasteiger partial charge in [-0.1, -0.05) is 11.6 Å². The molecule has 6 heteroatoms. The van der Waals surface area contributed by atoms with Gasteiger partial charge in [-0.05, 0) is 6.07 Å². The molecule has 5 nitrogen and oxygen atoms in total.